The smallest absolute Gasteiger partial charge is 1.00 e. The zero-order valence-corrected chi connectivity index (χ0v) is 25.2. The predicted octanol–water partition coefficient (Wildman–Crippen LogP) is 4.23. The molecule has 10 heteroatoms. The zero-order chi connectivity index (χ0) is 27.9. The number of hydrogen-bond acceptors (Lipinski definition) is 6. The van der Waals surface area contributed by atoms with Gasteiger partial charge in [-0.15, -0.1) is 11.3 Å². The van der Waals surface area contributed by atoms with E-state index in [0.29, 0.717) is 28.3 Å². The largest absolute Gasteiger partial charge is 1.00 e. The van der Waals surface area contributed by atoms with Crippen molar-refractivity contribution < 1.29 is 39.7 Å². The Hall–Kier alpha value is -2.57. The molecule has 0 saturated heterocycles. The van der Waals surface area contributed by atoms with E-state index in [1.807, 2.05) is 73.8 Å². The van der Waals surface area contributed by atoms with E-state index < -0.39 is 24.0 Å². The monoisotopic (exact) mass is 588 g/mol. The molecule has 2 N–H and O–H groups in total. The van der Waals surface area contributed by atoms with Gasteiger partial charge in [0.05, 0.1) is 4.88 Å². The number of rotatable bonds is 11. The summed E-state index contributed by atoms with van der Waals surface area (Å²) in [6.45, 7) is 1.98. The molecule has 0 radical (unpaired) electrons. The van der Waals surface area contributed by atoms with E-state index in [4.69, 9.17) is 16.3 Å². The van der Waals surface area contributed by atoms with Gasteiger partial charge in [-0.1, -0.05) is 54.1 Å². The molecule has 0 aliphatic heterocycles. The van der Waals surface area contributed by atoms with Gasteiger partial charge in [-0.3, -0.25) is 4.79 Å². The quantitative estimate of drug-likeness (QED) is 0.255. The fourth-order valence-electron chi connectivity index (χ4n) is 4.30. The van der Waals surface area contributed by atoms with Crippen LogP contribution in [0.25, 0.3) is 21.7 Å². The van der Waals surface area contributed by atoms with Crippen LogP contribution < -0.4 is 24.2 Å². The minimum Gasteiger partial charge on any atom is -1.00 e. The van der Waals surface area contributed by atoms with Crippen LogP contribution in [-0.2, 0) is 9.53 Å². The molecule has 3 aromatic carbocycles. The van der Waals surface area contributed by atoms with Crippen LogP contribution in [-0.4, -0.2) is 47.1 Å². The number of nitrogens with zero attached hydrogens (tertiary/aromatic N) is 1. The SMILES string of the molecule is COC(c1ccc(C(=O)NC(CCSC)C(=O)O)c(-c2ccccc2C)c1)c1cnc(-c2ccc(Cl)cc2)s1.[H-].[Li+]. The number of aliphatic carboxylic acids is 1. The van der Waals surface area contributed by atoms with Crippen molar-refractivity contribution in [2.45, 2.75) is 25.5 Å². The maximum Gasteiger partial charge on any atom is 1.00 e. The summed E-state index contributed by atoms with van der Waals surface area (Å²) >= 11 is 9.11. The number of methoxy groups -OCH3 is 1. The van der Waals surface area contributed by atoms with E-state index in [9.17, 15) is 14.7 Å². The van der Waals surface area contributed by atoms with Gasteiger partial charge < -0.3 is 16.6 Å². The van der Waals surface area contributed by atoms with Gasteiger partial charge in [0, 0.05) is 29.5 Å². The van der Waals surface area contributed by atoms with E-state index in [-0.39, 0.29) is 20.3 Å². The number of ether oxygens (including phenoxy) is 1. The molecular formula is C30H30ClLiN2O4S2. The Labute approximate surface area is 261 Å². The predicted molar refractivity (Wildman–Crippen MR) is 161 cm³/mol. The first-order chi connectivity index (χ1) is 18.8. The molecule has 1 amide bonds. The second-order valence-corrected chi connectivity index (χ2v) is 11.4. The fraction of sp³-hybridized carbons (Fsp3) is 0.233. The number of thioether (sulfide) groups is 1. The Balaban J connectivity index is 0.00000294. The molecule has 4 rings (SSSR count). The average molecular weight is 589 g/mol. The van der Waals surface area contributed by atoms with E-state index in [0.717, 1.165) is 32.1 Å². The van der Waals surface area contributed by atoms with Crippen LogP contribution in [0.2, 0.25) is 5.02 Å². The van der Waals surface area contributed by atoms with Crippen molar-refractivity contribution >= 4 is 46.6 Å². The van der Waals surface area contributed by atoms with Crippen molar-refractivity contribution in [3.8, 4) is 21.7 Å². The van der Waals surface area contributed by atoms with Crippen LogP contribution in [0.1, 0.15) is 40.3 Å². The van der Waals surface area contributed by atoms with Gasteiger partial charge in [0.1, 0.15) is 17.2 Å². The maximum atomic E-state index is 13.4. The Kier molecular flexibility index (Phi) is 11.9. The molecule has 0 bridgehead atoms. The van der Waals surface area contributed by atoms with Gasteiger partial charge in [0.25, 0.3) is 5.91 Å². The minimum atomic E-state index is -1.05. The summed E-state index contributed by atoms with van der Waals surface area (Å²) in [5.41, 5.74) is 4.83. The number of amides is 1. The van der Waals surface area contributed by atoms with Crippen LogP contribution in [0.3, 0.4) is 0 Å². The number of aromatic nitrogens is 1. The first kappa shape index (κ1) is 31.9. The Bertz CT molecular complexity index is 1470. The summed E-state index contributed by atoms with van der Waals surface area (Å²) in [6, 6.07) is 19.9. The van der Waals surface area contributed by atoms with Crippen molar-refractivity contribution in [2.24, 2.45) is 0 Å². The van der Waals surface area contributed by atoms with Crippen molar-refractivity contribution in [1.82, 2.24) is 10.3 Å². The molecule has 40 heavy (non-hydrogen) atoms. The molecule has 0 saturated carbocycles. The topological polar surface area (TPSA) is 88.5 Å². The number of thiazole rings is 1. The Morgan fingerprint density at radius 1 is 1.12 bits per heavy atom. The molecule has 6 nitrogen and oxygen atoms in total. The van der Waals surface area contributed by atoms with Crippen molar-refractivity contribution in [1.29, 1.82) is 0 Å². The summed E-state index contributed by atoms with van der Waals surface area (Å²) in [5.74, 6) is -0.846. The molecular weight excluding hydrogens is 559 g/mol. The number of halogens is 1. The number of aryl methyl sites for hydroxylation is 1. The third-order valence-corrected chi connectivity index (χ3v) is 8.33. The molecule has 4 aromatic rings. The zero-order valence-electron chi connectivity index (χ0n) is 23.8. The van der Waals surface area contributed by atoms with E-state index in [1.165, 1.54) is 11.3 Å². The molecule has 204 valence electrons. The average Bonchev–Trinajstić information content (AvgIpc) is 3.41. The van der Waals surface area contributed by atoms with Crippen molar-refractivity contribution in [3.63, 3.8) is 0 Å². The van der Waals surface area contributed by atoms with Crippen LogP contribution in [0.4, 0.5) is 0 Å². The number of hydrogen-bond donors (Lipinski definition) is 2. The molecule has 1 aromatic heterocycles. The summed E-state index contributed by atoms with van der Waals surface area (Å²) < 4.78 is 5.92. The second kappa shape index (κ2) is 14.9. The third kappa shape index (κ3) is 7.58. The van der Waals surface area contributed by atoms with Gasteiger partial charge in [0.2, 0.25) is 0 Å². The van der Waals surface area contributed by atoms with Gasteiger partial charge in [-0.25, -0.2) is 9.78 Å². The van der Waals surface area contributed by atoms with Gasteiger partial charge in [-0.2, -0.15) is 11.8 Å². The number of carboxylic acids is 1. The number of carbonyl (C=O) groups is 2. The molecule has 0 aliphatic rings. The van der Waals surface area contributed by atoms with Crippen molar-refractivity contribution in [2.75, 3.05) is 19.1 Å². The molecule has 2 unspecified atom stereocenters. The van der Waals surface area contributed by atoms with Gasteiger partial charge >= 0.3 is 24.8 Å². The van der Waals surface area contributed by atoms with Crippen LogP contribution >= 0.6 is 34.7 Å². The Morgan fingerprint density at radius 2 is 1.85 bits per heavy atom. The number of carbonyl (C=O) groups excluding carboxylic acids is 1. The fourth-order valence-corrected chi connectivity index (χ4v) is 5.92. The normalized spacial score (nSPS) is 12.3. The van der Waals surface area contributed by atoms with E-state index in [1.54, 1.807) is 31.1 Å². The summed E-state index contributed by atoms with van der Waals surface area (Å²) in [5, 5.41) is 13.9. The van der Waals surface area contributed by atoms with Crippen molar-refractivity contribution in [3.05, 3.63) is 99.5 Å². The Morgan fingerprint density at radius 3 is 2.50 bits per heavy atom. The first-order valence-electron chi connectivity index (χ1n) is 12.3. The standard InChI is InChI=1S/C30H29ClN2O4S2.Li.H/c1-18-6-4-5-7-22(18)24-16-20(10-13-23(24)28(34)33-25(30(35)36)14-15-38-3)27(37-2)26-17-32-29(39-26)19-8-11-21(31)12-9-19;;/h4-13,16-17,25,27H,14-15H2,1-3H3,(H,33,34)(H,35,36);;/q;+1;-1. The number of carboxylic acid groups (broad SMARTS) is 1. The molecule has 1 heterocycles. The third-order valence-electron chi connectivity index (χ3n) is 6.35. The number of nitrogens with one attached hydrogen (secondary N) is 1. The molecule has 0 aliphatic carbocycles. The van der Waals surface area contributed by atoms with E-state index >= 15 is 0 Å². The van der Waals surface area contributed by atoms with Gasteiger partial charge in [-0.05, 0) is 71.9 Å². The maximum absolute atomic E-state index is 13.4. The van der Waals surface area contributed by atoms with Crippen LogP contribution in [0, 0.1) is 6.92 Å². The second-order valence-electron chi connectivity index (χ2n) is 8.96. The van der Waals surface area contributed by atoms with Gasteiger partial charge in [0.15, 0.2) is 0 Å². The molecule has 0 fully saturated rings. The van der Waals surface area contributed by atoms with E-state index in [2.05, 4.69) is 10.3 Å². The first-order valence-corrected chi connectivity index (χ1v) is 14.9. The minimum absolute atomic E-state index is 0. The number of benzene rings is 3. The van der Waals surface area contributed by atoms with Crippen LogP contribution in [0.5, 0.6) is 0 Å². The summed E-state index contributed by atoms with van der Waals surface area (Å²) in [6.07, 6.45) is 3.65. The summed E-state index contributed by atoms with van der Waals surface area (Å²) in [7, 11) is 1.64. The molecule has 2 atom stereocenters. The summed E-state index contributed by atoms with van der Waals surface area (Å²) in [4.78, 5) is 30.7. The molecule has 0 spiro atoms. The van der Waals surface area contributed by atoms with Crippen LogP contribution in [0.15, 0.2) is 72.9 Å².